The van der Waals surface area contributed by atoms with Gasteiger partial charge in [0.25, 0.3) is 16.7 Å². The molecule has 12 heteroatoms. The highest BCUT2D eigenvalue weighted by Crippen LogP contribution is 2.49. The molecule has 0 aliphatic carbocycles. The van der Waals surface area contributed by atoms with Crippen molar-refractivity contribution in [3.05, 3.63) is 400 Å². The molecule has 11 aromatic heterocycles. The fourth-order valence-corrected chi connectivity index (χ4v) is 21.7. The molecule has 15 aromatic carbocycles. The summed E-state index contributed by atoms with van der Waals surface area (Å²) in [6.07, 6.45) is 4.30. The van der Waals surface area contributed by atoms with E-state index in [1.165, 1.54) is 0 Å². The summed E-state index contributed by atoms with van der Waals surface area (Å²) in [7, 11) is 0. The fraction of sp³-hybridized carbons (Fsp3) is 0. The molecule has 11 heterocycles. The van der Waals surface area contributed by atoms with Gasteiger partial charge in [-0.1, -0.05) is 237 Å². The standard InChI is InChI=1S/C109H61N7O3S2/c117-107-81-35-18-16-33-78(81)85-48-72(63-23-8-2-9-24-63)50-88-92-58-112(59-97(92)115(107)101(85)88)77-56-94(66-27-12-4-13-28-66)110-95(57-77)71-30-20-29-70(45-71)83-47-74(75-51-86-79-34-17-19-36-82(79)108(118)116-98-61-120-60-93(98)89(52-75)102(86)116)53-90-80-43-41-69(55-99(80)121-105(83)90)65-37-39-67(40-38-65)106-111-100-91-54-73(64-25-10-3-11-26-64)49-87-84-46-68(62-21-6-1-7-22-62)42-44-96(84)114(103(87)91)109(119)104(100)113(106)76-31-14-5-15-32-76/h1-61H. The van der Waals surface area contributed by atoms with E-state index in [0.29, 0.717) is 27.6 Å². The summed E-state index contributed by atoms with van der Waals surface area (Å²) >= 11 is 3.42. The molecule has 26 aromatic rings. The van der Waals surface area contributed by atoms with E-state index in [4.69, 9.17) is 9.97 Å². The first-order valence-corrected chi connectivity index (χ1v) is 42.3. The topological polar surface area (TPSA) is 100 Å². The van der Waals surface area contributed by atoms with Crippen LogP contribution >= 0.6 is 22.7 Å². The van der Waals surface area contributed by atoms with Crippen molar-refractivity contribution < 1.29 is 0 Å². The number of imidazole rings is 1. The molecule has 0 atom stereocenters. The molecule has 562 valence electrons. The van der Waals surface area contributed by atoms with Gasteiger partial charge in [-0.3, -0.25) is 32.2 Å². The van der Waals surface area contributed by atoms with Crippen molar-refractivity contribution in [1.82, 2.24) is 32.3 Å². The molecule has 0 saturated heterocycles. The third-order valence-corrected chi connectivity index (χ3v) is 27.2. The smallest absolute Gasteiger partial charge is 0.282 e. The Morgan fingerprint density at radius 1 is 0.248 bits per heavy atom. The van der Waals surface area contributed by atoms with Crippen molar-refractivity contribution in [2.45, 2.75) is 0 Å². The molecule has 0 saturated carbocycles. The Morgan fingerprint density at radius 3 is 1.37 bits per heavy atom. The monoisotopic (exact) mass is 1580 g/mol. The number of nitrogens with zero attached hydrogens (tertiary/aromatic N) is 7. The normalized spacial score (nSPS) is 12.2. The number of fused-ring (bicyclic) bond motifs is 18. The number of hydrogen-bond donors (Lipinski definition) is 0. The van der Waals surface area contributed by atoms with Crippen LogP contribution in [-0.4, -0.2) is 32.3 Å². The van der Waals surface area contributed by atoms with Crippen LogP contribution < -0.4 is 16.7 Å². The first kappa shape index (κ1) is 67.4. The average Bonchev–Trinajstić information content (AvgIpc) is 1.54. The molecular weight excluding hydrogens is 1520 g/mol. The third kappa shape index (κ3) is 10.00. The first-order valence-electron chi connectivity index (χ1n) is 40.6. The van der Waals surface area contributed by atoms with Gasteiger partial charge in [-0.15, -0.1) is 22.7 Å². The van der Waals surface area contributed by atoms with Gasteiger partial charge in [0.05, 0.1) is 44.5 Å². The van der Waals surface area contributed by atoms with Crippen LogP contribution in [0.5, 0.6) is 0 Å². The summed E-state index contributed by atoms with van der Waals surface area (Å²) in [5.74, 6) is 0.668. The highest BCUT2D eigenvalue weighted by Gasteiger charge is 2.29. The van der Waals surface area contributed by atoms with Crippen molar-refractivity contribution in [1.29, 1.82) is 0 Å². The molecular formula is C109H61N7O3S2. The lowest BCUT2D eigenvalue weighted by atomic mass is 9.92. The van der Waals surface area contributed by atoms with Gasteiger partial charge < -0.3 is 4.57 Å². The minimum Gasteiger partial charge on any atom is -0.321 e. The summed E-state index contributed by atoms with van der Waals surface area (Å²) in [5, 5.41) is 18.8. The van der Waals surface area contributed by atoms with E-state index in [1.54, 1.807) is 22.7 Å². The maximum absolute atomic E-state index is 15.9. The quantitative estimate of drug-likeness (QED) is 0.120. The summed E-state index contributed by atoms with van der Waals surface area (Å²) in [6, 6.07) is 121. The van der Waals surface area contributed by atoms with Crippen molar-refractivity contribution in [3.8, 4) is 112 Å². The number of thiophene rings is 2. The second kappa shape index (κ2) is 25.6. The van der Waals surface area contributed by atoms with E-state index in [0.717, 1.165) is 219 Å². The highest BCUT2D eigenvalue weighted by molar-refractivity contribution is 7.26. The summed E-state index contributed by atoms with van der Waals surface area (Å²) in [4.78, 5) is 56.6. The Bertz CT molecular complexity index is 9080. The minimum atomic E-state index is -0.134. The number of benzene rings is 15. The minimum absolute atomic E-state index is 0.0101. The zero-order valence-corrected chi connectivity index (χ0v) is 66.0. The van der Waals surface area contributed by atoms with Crippen LogP contribution in [0.25, 0.3) is 246 Å². The Labute approximate surface area is 696 Å². The van der Waals surface area contributed by atoms with Gasteiger partial charge in [-0.05, 0) is 181 Å². The Balaban J connectivity index is 0.638. The van der Waals surface area contributed by atoms with Gasteiger partial charge >= 0.3 is 0 Å². The molecule has 10 nitrogen and oxygen atoms in total. The predicted molar refractivity (Wildman–Crippen MR) is 503 cm³/mol. The first-order chi connectivity index (χ1) is 59.7. The van der Waals surface area contributed by atoms with Gasteiger partial charge in [-0.2, -0.15) is 0 Å². The molecule has 0 aliphatic rings. The molecule has 0 amide bonds. The molecule has 121 heavy (non-hydrogen) atoms. The maximum Gasteiger partial charge on any atom is 0.282 e. The van der Waals surface area contributed by atoms with Crippen LogP contribution in [0.2, 0.25) is 0 Å². The zero-order chi connectivity index (χ0) is 79.6. The van der Waals surface area contributed by atoms with Crippen LogP contribution in [0.4, 0.5) is 0 Å². The van der Waals surface area contributed by atoms with Crippen molar-refractivity contribution in [3.63, 3.8) is 0 Å². The zero-order valence-electron chi connectivity index (χ0n) is 64.4. The van der Waals surface area contributed by atoms with Crippen LogP contribution in [0.15, 0.2) is 383 Å². The Morgan fingerprint density at radius 2 is 0.711 bits per heavy atom. The lowest BCUT2D eigenvalue weighted by Gasteiger charge is -2.14. The molecule has 0 aliphatic heterocycles. The molecule has 0 N–H and O–H groups in total. The Hall–Kier alpha value is -15.7. The summed E-state index contributed by atoms with van der Waals surface area (Å²) < 4.78 is 12.3. The molecule has 0 spiro atoms. The molecule has 0 radical (unpaired) electrons. The average molecular weight is 1580 g/mol. The number of pyridine rings is 4. The van der Waals surface area contributed by atoms with Crippen LogP contribution in [0, 0.1) is 0 Å². The number of aromatic nitrogens is 7. The van der Waals surface area contributed by atoms with E-state index < -0.39 is 0 Å². The summed E-state index contributed by atoms with van der Waals surface area (Å²) in [6.45, 7) is 0. The SMILES string of the molecule is O=c1c2ccccc2c2cc(-c3cc(-c4cccc(-c5cc(-n6cc7c8cc(-c9ccccc9)cc9c%10ccccc%10c(=O)n(c7c6)c98)cc(-c6ccccc6)n5)c4)c4sc5cc(-c6ccc(-c7nc8c9cc(-c%10ccccc%10)cc%10c%11cc(-c%12ccccc%12)ccc%11n(c(=O)c8n7-c7ccccc7)c%109)cc6)ccc5c4c3)cc3c4cscc4n1c23. The van der Waals surface area contributed by atoms with Gasteiger partial charge in [0.2, 0.25) is 0 Å². The highest BCUT2D eigenvalue weighted by atomic mass is 32.1. The maximum atomic E-state index is 15.9. The van der Waals surface area contributed by atoms with E-state index in [1.807, 2.05) is 92.1 Å². The fourth-order valence-electron chi connectivity index (χ4n) is 19.6. The molecule has 0 fully saturated rings. The van der Waals surface area contributed by atoms with Crippen molar-refractivity contribution in [2.75, 3.05) is 0 Å². The van der Waals surface area contributed by atoms with Gasteiger partial charge in [0.1, 0.15) is 16.9 Å². The number of rotatable bonds is 11. The van der Waals surface area contributed by atoms with Crippen LogP contribution in [0.1, 0.15) is 0 Å². The molecule has 0 unspecified atom stereocenters. The van der Waals surface area contributed by atoms with Crippen molar-refractivity contribution >= 4 is 157 Å². The van der Waals surface area contributed by atoms with E-state index >= 15 is 4.79 Å². The van der Waals surface area contributed by atoms with E-state index in [2.05, 4.69) is 299 Å². The third-order valence-electron chi connectivity index (χ3n) is 25.2. The van der Waals surface area contributed by atoms with E-state index in [-0.39, 0.29) is 16.7 Å². The van der Waals surface area contributed by atoms with Crippen molar-refractivity contribution in [2.24, 2.45) is 0 Å². The molecule has 26 rings (SSSR count). The number of hydrogen-bond acceptors (Lipinski definition) is 7. The molecule has 0 bridgehead atoms. The largest absolute Gasteiger partial charge is 0.321 e. The van der Waals surface area contributed by atoms with Crippen LogP contribution in [0.3, 0.4) is 0 Å². The van der Waals surface area contributed by atoms with E-state index in [9.17, 15) is 9.59 Å². The second-order valence-corrected chi connectivity index (χ2v) is 33.7. The number of para-hydroxylation sites is 1. The second-order valence-electron chi connectivity index (χ2n) is 31.9. The van der Waals surface area contributed by atoms with Crippen LogP contribution in [-0.2, 0) is 0 Å². The van der Waals surface area contributed by atoms with Gasteiger partial charge in [-0.25, -0.2) is 9.97 Å². The predicted octanol–water partition coefficient (Wildman–Crippen LogP) is 27.0. The lowest BCUT2D eigenvalue weighted by Crippen LogP contribution is -2.16. The van der Waals surface area contributed by atoms with Gasteiger partial charge in [0.15, 0.2) is 0 Å². The lowest BCUT2D eigenvalue weighted by molar-refractivity contribution is 1.07. The van der Waals surface area contributed by atoms with Gasteiger partial charge in [0, 0.05) is 136 Å². The Kier molecular flexibility index (Phi) is 14.3. The summed E-state index contributed by atoms with van der Waals surface area (Å²) in [5.41, 5.74) is 25.2.